The molecule has 0 saturated heterocycles. The third-order valence-electron chi connectivity index (χ3n) is 1.66. The zero-order valence-corrected chi connectivity index (χ0v) is 9.55. The Hall–Kier alpha value is -0.440. The van der Waals surface area contributed by atoms with Crippen LogP contribution in [0, 0.1) is 6.92 Å². The van der Waals surface area contributed by atoms with Crippen LogP contribution in [0.3, 0.4) is 0 Å². The van der Waals surface area contributed by atoms with Gasteiger partial charge in [0.1, 0.15) is 0 Å². The molecule has 0 aliphatic heterocycles. The van der Waals surface area contributed by atoms with Gasteiger partial charge in [0.2, 0.25) is 0 Å². The van der Waals surface area contributed by atoms with E-state index in [9.17, 15) is 0 Å². The van der Waals surface area contributed by atoms with Gasteiger partial charge in [-0.05, 0) is 19.1 Å². The molecule has 1 heterocycles. The minimum absolute atomic E-state index is 0. The summed E-state index contributed by atoms with van der Waals surface area (Å²) in [6.07, 6.45) is 0. The van der Waals surface area contributed by atoms with Crippen LogP contribution in [0.25, 0.3) is 10.4 Å². The molecule has 0 bridgehead atoms. The van der Waals surface area contributed by atoms with Crippen molar-refractivity contribution in [2.24, 2.45) is 0 Å². The van der Waals surface area contributed by atoms with Crippen LogP contribution < -0.4 is 12.4 Å². The van der Waals surface area contributed by atoms with Crippen LogP contribution >= 0.6 is 20.7 Å². The van der Waals surface area contributed by atoms with Gasteiger partial charge in [0.05, 0.1) is 4.88 Å². The summed E-state index contributed by atoms with van der Waals surface area (Å²) in [5.41, 5.74) is 1.33. The Morgan fingerprint density at radius 2 is 1.85 bits per heavy atom. The van der Waals surface area contributed by atoms with Crippen LogP contribution in [0.15, 0.2) is 36.4 Å². The molecule has 2 aromatic rings. The van der Waals surface area contributed by atoms with Gasteiger partial charge in [0.15, 0.2) is 10.3 Å². The molecule has 3 heteroatoms. The first-order valence-corrected chi connectivity index (χ1v) is 5.96. The topological polar surface area (TPSA) is 0 Å². The first kappa shape index (κ1) is 10.6. The van der Waals surface area contributed by atoms with Crippen LogP contribution in [0.1, 0.15) is 4.88 Å². The predicted octanol–water partition coefficient (Wildman–Crippen LogP) is 1.07. The maximum Gasteiger partial charge on any atom is 0.300 e. The molecular formula is C10H9ClS2. The molecule has 68 valence electrons. The molecule has 0 aliphatic carbocycles. The molecule has 0 saturated carbocycles. The summed E-state index contributed by atoms with van der Waals surface area (Å²) in [6, 6.07) is 12.7. The smallest absolute Gasteiger partial charge is 0.300 e. The highest BCUT2D eigenvalue weighted by Gasteiger charge is 2.12. The molecule has 2 rings (SSSR count). The fourth-order valence-corrected chi connectivity index (χ4v) is 3.24. The van der Waals surface area contributed by atoms with Crippen LogP contribution in [0.4, 0.5) is 0 Å². The number of benzene rings is 1. The largest absolute Gasteiger partial charge is 1.00 e. The lowest BCUT2D eigenvalue weighted by Gasteiger charge is -1.85. The van der Waals surface area contributed by atoms with Gasteiger partial charge >= 0.3 is 10.3 Å². The van der Waals surface area contributed by atoms with Crippen LogP contribution in [-0.2, 0) is 0 Å². The van der Waals surface area contributed by atoms with Crippen molar-refractivity contribution in [2.45, 2.75) is 6.92 Å². The van der Waals surface area contributed by atoms with Gasteiger partial charge < -0.3 is 12.4 Å². The van der Waals surface area contributed by atoms with E-state index in [1.807, 2.05) is 26.7 Å². The second-order valence-corrected chi connectivity index (χ2v) is 5.07. The van der Waals surface area contributed by atoms with E-state index in [1.54, 1.807) is 0 Å². The number of aryl methyl sites for hydroxylation is 1. The highest BCUT2D eigenvalue weighted by atomic mass is 35.5. The number of hydrogen-bond donors (Lipinski definition) is 0. The Morgan fingerprint density at radius 3 is 2.38 bits per heavy atom. The fraction of sp³-hybridized carbons (Fsp3) is 0.100. The van der Waals surface area contributed by atoms with Gasteiger partial charge in [-0.15, -0.1) is 0 Å². The van der Waals surface area contributed by atoms with E-state index >= 15 is 0 Å². The second kappa shape index (κ2) is 4.70. The first-order chi connectivity index (χ1) is 5.86. The Morgan fingerprint density at radius 1 is 1.15 bits per heavy atom. The van der Waals surface area contributed by atoms with E-state index in [2.05, 4.69) is 37.3 Å². The lowest BCUT2D eigenvalue weighted by molar-refractivity contribution is -0.00000225. The standard InChI is InChI=1S/C10H9S2.ClH/c1-8-7-10(12-11-8)9-5-3-2-4-6-9;/h2-7H,1H3;1H/q+1;/p-1. The monoisotopic (exact) mass is 228 g/mol. The van der Waals surface area contributed by atoms with Crippen molar-refractivity contribution in [3.05, 3.63) is 41.3 Å². The van der Waals surface area contributed by atoms with Crippen molar-refractivity contribution in [2.75, 3.05) is 0 Å². The summed E-state index contributed by atoms with van der Waals surface area (Å²) >= 11 is 0. The Labute approximate surface area is 91.7 Å². The summed E-state index contributed by atoms with van der Waals surface area (Å²) in [7, 11) is 3.69. The van der Waals surface area contributed by atoms with Crippen molar-refractivity contribution in [1.82, 2.24) is 0 Å². The van der Waals surface area contributed by atoms with Crippen LogP contribution in [-0.4, -0.2) is 0 Å². The quantitative estimate of drug-likeness (QED) is 0.506. The van der Waals surface area contributed by atoms with Crippen LogP contribution in [0.5, 0.6) is 0 Å². The molecule has 1 aromatic heterocycles. The SMILES string of the molecule is Cc1cc(-c2ccccc2)[s+]s1.[Cl-]. The molecule has 0 spiro atoms. The number of halogens is 1. The molecule has 0 N–H and O–H groups in total. The Kier molecular flexibility index (Phi) is 3.85. The predicted molar refractivity (Wildman–Crippen MR) is 56.8 cm³/mol. The van der Waals surface area contributed by atoms with E-state index in [-0.39, 0.29) is 12.4 Å². The summed E-state index contributed by atoms with van der Waals surface area (Å²) in [4.78, 5) is 2.76. The highest BCUT2D eigenvalue weighted by Crippen LogP contribution is 2.30. The molecule has 0 nitrogen and oxygen atoms in total. The molecular weight excluding hydrogens is 220 g/mol. The van der Waals surface area contributed by atoms with Crippen molar-refractivity contribution in [3.63, 3.8) is 0 Å². The zero-order valence-electron chi connectivity index (χ0n) is 7.16. The fourth-order valence-electron chi connectivity index (χ4n) is 1.08. The minimum Gasteiger partial charge on any atom is -1.00 e. The number of rotatable bonds is 1. The van der Waals surface area contributed by atoms with Gasteiger partial charge in [-0.1, -0.05) is 18.2 Å². The molecule has 0 fully saturated rings. The molecule has 0 atom stereocenters. The molecule has 0 unspecified atom stereocenters. The van der Waals surface area contributed by atoms with Crippen molar-refractivity contribution in [3.8, 4) is 10.4 Å². The maximum absolute atomic E-state index is 2.24. The molecule has 1 aromatic carbocycles. The lowest BCUT2D eigenvalue weighted by atomic mass is 10.2. The van der Waals surface area contributed by atoms with Crippen molar-refractivity contribution >= 4 is 20.7 Å². The van der Waals surface area contributed by atoms with E-state index in [0.29, 0.717) is 0 Å². The number of hydrogen-bond acceptors (Lipinski definition) is 1. The summed E-state index contributed by atoms with van der Waals surface area (Å²) in [5.74, 6) is 0. The zero-order chi connectivity index (χ0) is 8.39. The molecule has 0 amide bonds. The Balaban J connectivity index is 0.000000845. The summed E-state index contributed by atoms with van der Waals surface area (Å²) in [6.45, 7) is 2.15. The lowest BCUT2D eigenvalue weighted by Crippen LogP contribution is -3.00. The third kappa shape index (κ3) is 2.50. The minimum atomic E-state index is 0. The normalized spacial score (nSPS) is 9.31. The van der Waals surface area contributed by atoms with Gasteiger partial charge in [-0.25, -0.2) is 0 Å². The average Bonchev–Trinajstić information content (AvgIpc) is 2.54. The summed E-state index contributed by atoms with van der Waals surface area (Å²) < 4.78 is 0. The summed E-state index contributed by atoms with van der Waals surface area (Å²) in [5, 5.41) is 0. The van der Waals surface area contributed by atoms with Gasteiger partial charge in [0.25, 0.3) is 4.88 Å². The third-order valence-corrected chi connectivity index (χ3v) is 4.23. The van der Waals surface area contributed by atoms with E-state index in [4.69, 9.17) is 0 Å². The highest BCUT2D eigenvalue weighted by molar-refractivity contribution is 7.70. The van der Waals surface area contributed by atoms with Crippen LogP contribution in [0.2, 0.25) is 0 Å². The molecule has 0 radical (unpaired) electrons. The van der Waals surface area contributed by atoms with Gasteiger partial charge in [0, 0.05) is 11.6 Å². The second-order valence-electron chi connectivity index (χ2n) is 2.65. The van der Waals surface area contributed by atoms with E-state index in [0.717, 1.165) is 0 Å². The molecule has 13 heavy (non-hydrogen) atoms. The van der Waals surface area contributed by atoms with Crippen molar-refractivity contribution in [1.29, 1.82) is 0 Å². The Bertz CT molecular complexity index is 367. The molecule has 0 aliphatic rings. The van der Waals surface area contributed by atoms with Gasteiger partial charge in [-0.3, -0.25) is 0 Å². The van der Waals surface area contributed by atoms with E-state index in [1.165, 1.54) is 15.3 Å². The maximum atomic E-state index is 2.24. The average molecular weight is 229 g/mol. The van der Waals surface area contributed by atoms with E-state index < -0.39 is 0 Å². The van der Waals surface area contributed by atoms with Crippen molar-refractivity contribution < 1.29 is 12.4 Å². The van der Waals surface area contributed by atoms with Gasteiger partial charge in [-0.2, -0.15) is 0 Å². The first-order valence-electron chi connectivity index (χ1n) is 3.81.